The topological polar surface area (TPSA) is 61.9 Å². The number of hydrogen-bond donors (Lipinski definition) is 0. The van der Waals surface area contributed by atoms with Gasteiger partial charge in [0, 0.05) is 30.4 Å². The van der Waals surface area contributed by atoms with Gasteiger partial charge in [0.15, 0.2) is 0 Å². The minimum atomic E-state index is -0.181. The van der Waals surface area contributed by atoms with Gasteiger partial charge in [-0.25, -0.2) is 0 Å². The van der Waals surface area contributed by atoms with Gasteiger partial charge in [0.1, 0.15) is 5.69 Å². The van der Waals surface area contributed by atoms with E-state index >= 15 is 0 Å². The molecule has 0 saturated carbocycles. The van der Waals surface area contributed by atoms with Crippen molar-refractivity contribution in [3.05, 3.63) is 70.9 Å². The highest BCUT2D eigenvalue weighted by molar-refractivity contribution is 6.30. The fraction of sp³-hybridized carbons (Fsp3) is 0.105. The minimum Gasteiger partial charge on any atom is -0.310 e. The van der Waals surface area contributed by atoms with Crippen LogP contribution in [0.25, 0.3) is 11.3 Å². The zero-order valence-electron chi connectivity index (χ0n) is 13.8. The number of carbonyl (C=O) groups is 1. The molecule has 0 aliphatic carbocycles. The molecule has 0 fully saturated rings. The highest BCUT2D eigenvalue weighted by atomic mass is 35.5. The molecule has 0 aliphatic heterocycles. The monoisotopic (exact) mass is 350 g/mol. The molecule has 1 heterocycles. The molecule has 1 aromatic heterocycles. The summed E-state index contributed by atoms with van der Waals surface area (Å²) in [6.45, 7) is 0. The van der Waals surface area contributed by atoms with Crippen LogP contribution in [0.3, 0.4) is 0 Å². The van der Waals surface area contributed by atoms with Crippen molar-refractivity contribution in [2.45, 2.75) is 0 Å². The number of aromatic nitrogens is 2. The van der Waals surface area contributed by atoms with E-state index in [0.717, 1.165) is 5.56 Å². The summed E-state index contributed by atoms with van der Waals surface area (Å²) in [4.78, 5) is 14.3. The second kappa shape index (κ2) is 6.80. The van der Waals surface area contributed by atoms with E-state index in [1.165, 1.54) is 4.90 Å². The average molecular weight is 351 g/mol. The van der Waals surface area contributed by atoms with E-state index < -0.39 is 0 Å². The molecule has 0 N–H and O–H groups in total. The van der Waals surface area contributed by atoms with E-state index in [9.17, 15) is 4.79 Å². The van der Waals surface area contributed by atoms with Gasteiger partial charge >= 0.3 is 0 Å². The third-order valence-corrected chi connectivity index (χ3v) is 4.18. The van der Waals surface area contributed by atoms with Crippen molar-refractivity contribution in [2.75, 3.05) is 11.9 Å². The molecule has 3 aromatic rings. The van der Waals surface area contributed by atoms with E-state index in [4.69, 9.17) is 16.9 Å². The SMILES string of the molecule is CN(C(=O)c1cc(-c2ccc(Cl)cc2)nn1C)c1ccc(C#N)cc1. The van der Waals surface area contributed by atoms with Crippen LogP contribution in [0.4, 0.5) is 5.69 Å². The number of halogens is 1. The second-order valence-corrected chi connectivity index (χ2v) is 6.00. The van der Waals surface area contributed by atoms with Gasteiger partial charge in [-0.2, -0.15) is 10.4 Å². The van der Waals surface area contributed by atoms with Crippen LogP contribution in [0.15, 0.2) is 54.6 Å². The molecular weight excluding hydrogens is 336 g/mol. The van der Waals surface area contributed by atoms with Crippen molar-refractivity contribution in [1.29, 1.82) is 5.26 Å². The summed E-state index contributed by atoms with van der Waals surface area (Å²) in [6, 6.07) is 18.0. The van der Waals surface area contributed by atoms with Gasteiger partial charge in [0.25, 0.3) is 5.91 Å². The van der Waals surface area contributed by atoms with Crippen LogP contribution < -0.4 is 4.90 Å². The maximum atomic E-state index is 12.8. The van der Waals surface area contributed by atoms with Gasteiger partial charge in [-0.15, -0.1) is 0 Å². The zero-order valence-corrected chi connectivity index (χ0v) is 14.5. The van der Waals surface area contributed by atoms with Crippen molar-refractivity contribution in [3.63, 3.8) is 0 Å². The average Bonchev–Trinajstić information content (AvgIpc) is 3.03. The van der Waals surface area contributed by atoms with Gasteiger partial charge < -0.3 is 4.90 Å². The maximum absolute atomic E-state index is 12.8. The van der Waals surface area contributed by atoms with Gasteiger partial charge in [0.05, 0.1) is 17.3 Å². The van der Waals surface area contributed by atoms with Crippen LogP contribution in [0.5, 0.6) is 0 Å². The first-order valence-electron chi connectivity index (χ1n) is 7.58. The Hall–Kier alpha value is -3.10. The lowest BCUT2D eigenvalue weighted by molar-refractivity contribution is 0.0984. The third kappa shape index (κ3) is 3.39. The predicted octanol–water partition coefficient (Wildman–Crippen LogP) is 3.89. The number of nitrogens with zero attached hydrogens (tertiary/aromatic N) is 4. The second-order valence-electron chi connectivity index (χ2n) is 5.57. The van der Waals surface area contributed by atoms with Crippen molar-refractivity contribution in [3.8, 4) is 17.3 Å². The lowest BCUT2D eigenvalue weighted by Crippen LogP contribution is -2.28. The molecule has 25 heavy (non-hydrogen) atoms. The normalized spacial score (nSPS) is 10.3. The standard InChI is InChI=1S/C19H15ClN4O/c1-23(16-9-3-13(12-21)4-10-16)19(25)18-11-17(22-24(18)2)14-5-7-15(20)8-6-14/h3-11H,1-2H3. The Morgan fingerprint density at radius 3 is 2.40 bits per heavy atom. The van der Waals surface area contributed by atoms with Crippen LogP contribution >= 0.6 is 11.6 Å². The lowest BCUT2D eigenvalue weighted by Gasteiger charge is -2.17. The molecule has 2 aromatic carbocycles. The van der Waals surface area contributed by atoms with E-state index in [0.29, 0.717) is 27.7 Å². The number of rotatable bonds is 3. The molecule has 6 heteroatoms. The van der Waals surface area contributed by atoms with E-state index in [1.54, 1.807) is 61.2 Å². The van der Waals surface area contributed by atoms with Crippen molar-refractivity contribution >= 4 is 23.2 Å². The van der Waals surface area contributed by atoms with Crippen LogP contribution in [0, 0.1) is 11.3 Å². The Bertz CT molecular complexity index is 953. The first-order chi connectivity index (χ1) is 12.0. The Morgan fingerprint density at radius 1 is 1.16 bits per heavy atom. The number of amides is 1. The lowest BCUT2D eigenvalue weighted by atomic mass is 10.1. The molecule has 0 saturated heterocycles. The van der Waals surface area contributed by atoms with Crippen LogP contribution in [-0.2, 0) is 7.05 Å². The summed E-state index contributed by atoms with van der Waals surface area (Å²) in [5.74, 6) is -0.181. The first-order valence-corrected chi connectivity index (χ1v) is 7.95. The fourth-order valence-electron chi connectivity index (χ4n) is 2.48. The molecule has 5 nitrogen and oxygen atoms in total. The predicted molar refractivity (Wildman–Crippen MR) is 97.5 cm³/mol. The summed E-state index contributed by atoms with van der Waals surface area (Å²) in [5.41, 5.74) is 3.32. The summed E-state index contributed by atoms with van der Waals surface area (Å²) in [7, 11) is 3.43. The number of hydrogen-bond acceptors (Lipinski definition) is 3. The molecule has 0 bridgehead atoms. The number of carbonyl (C=O) groups excluding carboxylic acids is 1. The summed E-state index contributed by atoms with van der Waals surface area (Å²) in [5, 5.41) is 13.9. The Balaban J connectivity index is 1.89. The molecule has 0 spiro atoms. The molecule has 0 aliphatic rings. The largest absolute Gasteiger partial charge is 0.310 e. The van der Waals surface area contributed by atoms with Gasteiger partial charge in [-0.3, -0.25) is 9.48 Å². The molecule has 0 radical (unpaired) electrons. The maximum Gasteiger partial charge on any atom is 0.276 e. The van der Waals surface area contributed by atoms with Gasteiger partial charge in [0.2, 0.25) is 0 Å². The minimum absolute atomic E-state index is 0.181. The van der Waals surface area contributed by atoms with Crippen LogP contribution in [-0.4, -0.2) is 22.7 Å². The van der Waals surface area contributed by atoms with Crippen LogP contribution in [0.1, 0.15) is 16.1 Å². The van der Waals surface area contributed by atoms with E-state index in [-0.39, 0.29) is 5.91 Å². The zero-order chi connectivity index (χ0) is 18.0. The number of benzene rings is 2. The van der Waals surface area contributed by atoms with Crippen molar-refractivity contribution in [1.82, 2.24) is 9.78 Å². The molecule has 0 unspecified atom stereocenters. The first kappa shape index (κ1) is 16.7. The van der Waals surface area contributed by atoms with Gasteiger partial charge in [-0.1, -0.05) is 23.7 Å². The number of aryl methyl sites for hydroxylation is 1. The fourth-order valence-corrected chi connectivity index (χ4v) is 2.60. The van der Waals surface area contributed by atoms with E-state index in [2.05, 4.69) is 11.2 Å². The third-order valence-electron chi connectivity index (χ3n) is 3.93. The highest BCUT2D eigenvalue weighted by Crippen LogP contribution is 2.23. The Labute approximate surface area is 150 Å². The molecular formula is C19H15ClN4O. The summed E-state index contributed by atoms with van der Waals surface area (Å²) in [6.07, 6.45) is 0. The molecule has 3 rings (SSSR count). The van der Waals surface area contributed by atoms with Crippen molar-refractivity contribution < 1.29 is 4.79 Å². The summed E-state index contributed by atoms with van der Waals surface area (Å²) < 4.78 is 1.56. The smallest absolute Gasteiger partial charge is 0.276 e. The Kier molecular flexibility index (Phi) is 4.55. The van der Waals surface area contributed by atoms with Crippen molar-refractivity contribution in [2.24, 2.45) is 7.05 Å². The van der Waals surface area contributed by atoms with E-state index in [1.807, 2.05) is 12.1 Å². The molecule has 124 valence electrons. The Morgan fingerprint density at radius 2 is 1.80 bits per heavy atom. The molecule has 1 amide bonds. The summed E-state index contributed by atoms with van der Waals surface area (Å²) >= 11 is 5.91. The highest BCUT2D eigenvalue weighted by Gasteiger charge is 2.19. The van der Waals surface area contributed by atoms with Crippen LogP contribution in [0.2, 0.25) is 5.02 Å². The van der Waals surface area contributed by atoms with Gasteiger partial charge in [-0.05, 0) is 42.5 Å². The quantitative estimate of drug-likeness (QED) is 0.720. The number of nitriles is 1. The molecule has 0 atom stereocenters. The number of anilines is 1.